The Morgan fingerprint density at radius 1 is 0.875 bits per heavy atom. The summed E-state index contributed by atoms with van der Waals surface area (Å²) in [6, 6.07) is 12.2. The van der Waals surface area contributed by atoms with E-state index in [2.05, 4.69) is 16.0 Å². The smallest absolute Gasteiger partial charge is 0.322 e. The third-order valence-electron chi connectivity index (χ3n) is 5.26. The summed E-state index contributed by atoms with van der Waals surface area (Å²) in [5.74, 6) is -0.234. The van der Waals surface area contributed by atoms with Crippen molar-refractivity contribution in [2.24, 2.45) is 0 Å². The summed E-state index contributed by atoms with van der Waals surface area (Å²) in [5.41, 5.74) is 3.79. The second-order valence-corrected chi connectivity index (χ2v) is 8.16. The fraction of sp³-hybridized carbons (Fsp3) is 0.375. The van der Waals surface area contributed by atoms with Crippen LogP contribution in [0.1, 0.15) is 45.2 Å². The van der Waals surface area contributed by atoms with Crippen LogP contribution in [0.25, 0.3) is 0 Å². The molecule has 0 aromatic heterocycles. The number of carbonyl (C=O) groups excluding carboxylic acids is 3. The Morgan fingerprint density at radius 3 is 2.19 bits per heavy atom. The molecule has 0 bridgehead atoms. The number of benzene rings is 2. The topological polar surface area (TPSA) is 93.8 Å². The number of nitrogens with one attached hydrogen (secondary N) is 3. The van der Waals surface area contributed by atoms with E-state index in [1.807, 2.05) is 38.1 Å². The lowest BCUT2D eigenvalue weighted by Gasteiger charge is -2.16. The van der Waals surface area contributed by atoms with Crippen LogP contribution in [-0.4, -0.2) is 61.4 Å². The summed E-state index contributed by atoms with van der Waals surface area (Å²) in [4.78, 5) is 40.8. The maximum atomic E-state index is 12.7. The van der Waals surface area contributed by atoms with Gasteiger partial charge >= 0.3 is 6.03 Å². The molecular formula is C24H31N5O3. The number of likely N-dealkylation sites (N-methyl/N-ethyl adjacent to an activating group) is 1. The van der Waals surface area contributed by atoms with E-state index >= 15 is 0 Å². The molecule has 0 saturated heterocycles. The van der Waals surface area contributed by atoms with Crippen LogP contribution >= 0.6 is 0 Å². The van der Waals surface area contributed by atoms with E-state index in [0.717, 1.165) is 24.1 Å². The Labute approximate surface area is 189 Å². The highest BCUT2D eigenvalue weighted by Crippen LogP contribution is 2.25. The van der Waals surface area contributed by atoms with Gasteiger partial charge in [0.2, 0.25) is 0 Å². The molecular weight excluding hydrogens is 406 g/mol. The second-order valence-electron chi connectivity index (χ2n) is 8.16. The second kappa shape index (κ2) is 10.8. The summed E-state index contributed by atoms with van der Waals surface area (Å²) < 4.78 is 0. The van der Waals surface area contributed by atoms with Crippen molar-refractivity contribution in [2.75, 3.05) is 39.0 Å². The SMILES string of the molecule is CCCNC(=O)c1ccc(NC(=O)N2Cc3ccc(C(=O)NCCN(C)C)cc3C2)cc1. The largest absolute Gasteiger partial charge is 0.352 e. The van der Waals surface area contributed by atoms with Crippen molar-refractivity contribution in [2.45, 2.75) is 26.4 Å². The van der Waals surface area contributed by atoms with E-state index in [1.54, 1.807) is 35.2 Å². The van der Waals surface area contributed by atoms with Gasteiger partial charge in [0.1, 0.15) is 0 Å². The first-order valence-electron chi connectivity index (χ1n) is 10.9. The first kappa shape index (κ1) is 23.3. The fourth-order valence-corrected chi connectivity index (χ4v) is 3.42. The number of rotatable bonds is 8. The monoisotopic (exact) mass is 437 g/mol. The lowest BCUT2D eigenvalue weighted by atomic mass is 10.1. The standard InChI is InChI=1S/C24H31N5O3/c1-4-11-25-22(30)17-7-9-21(10-8-17)27-24(32)29-15-19-6-5-18(14-20(19)16-29)23(31)26-12-13-28(2)3/h5-10,14H,4,11-13,15-16H2,1-3H3,(H,25,30)(H,26,31)(H,27,32). The lowest BCUT2D eigenvalue weighted by molar-refractivity contribution is 0.0944. The Bertz CT molecular complexity index is 972. The quantitative estimate of drug-likeness (QED) is 0.592. The summed E-state index contributed by atoms with van der Waals surface area (Å²) in [5, 5.41) is 8.61. The number of anilines is 1. The fourth-order valence-electron chi connectivity index (χ4n) is 3.42. The van der Waals surface area contributed by atoms with Gasteiger partial charge in [-0.2, -0.15) is 0 Å². The molecule has 2 aromatic rings. The number of carbonyl (C=O) groups is 3. The summed E-state index contributed by atoms with van der Waals surface area (Å²) in [6.45, 7) is 4.91. The molecule has 3 rings (SSSR count). The van der Waals surface area contributed by atoms with Gasteiger partial charge in [-0.15, -0.1) is 0 Å². The molecule has 8 nitrogen and oxygen atoms in total. The molecule has 0 saturated carbocycles. The number of hydrogen-bond acceptors (Lipinski definition) is 4. The molecule has 3 N–H and O–H groups in total. The maximum absolute atomic E-state index is 12.7. The summed E-state index contributed by atoms with van der Waals surface area (Å²) >= 11 is 0. The van der Waals surface area contributed by atoms with E-state index in [0.29, 0.717) is 43.0 Å². The van der Waals surface area contributed by atoms with Crippen LogP contribution in [0.15, 0.2) is 42.5 Å². The van der Waals surface area contributed by atoms with Gasteiger partial charge in [-0.25, -0.2) is 4.79 Å². The van der Waals surface area contributed by atoms with Gasteiger partial charge in [-0.1, -0.05) is 13.0 Å². The molecule has 2 aromatic carbocycles. The van der Waals surface area contributed by atoms with Crippen LogP contribution in [-0.2, 0) is 13.1 Å². The van der Waals surface area contributed by atoms with Gasteiger partial charge in [0, 0.05) is 49.5 Å². The highest BCUT2D eigenvalue weighted by molar-refractivity contribution is 5.96. The molecule has 1 aliphatic heterocycles. The zero-order chi connectivity index (χ0) is 23.1. The Kier molecular flexibility index (Phi) is 7.83. The average Bonchev–Trinajstić information content (AvgIpc) is 3.21. The highest BCUT2D eigenvalue weighted by atomic mass is 16.2. The molecule has 0 atom stereocenters. The number of urea groups is 1. The highest BCUT2D eigenvalue weighted by Gasteiger charge is 2.24. The van der Waals surface area contributed by atoms with Gasteiger partial charge in [0.05, 0.1) is 0 Å². The van der Waals surface area contributed by atoms with Crippen molar-refractivity contribution >= 4 is 23.5 Å². The molecule has 1 heterocycles. The third-order valence-corrected chi connectivity index (χ3v) is 5.26. The molecule has 8 heteroatoms. The minimum Gasteiger partial charge on any atom is -0.352 e. The van der Waals surface area contributed by atoms with Gasteiger partial charge in [0.15, 0.2) is 0 Å². The lowest BCUT2D eigenvalue weighted by Crippen LogP contribution is -2.31. The summed E-state index contributed by atoms with van der Waals surface area (Å²) in [7, 11) is 3.92. The number of nitrogens with zero attached hydrogens (tertiary/aromatic N) is 2. The molecule has 0 fully saturated rings. The van der Waals surface area contributed by atoms with Crippen molar-refractivity contribution in [3.05, 3.63) is 64.7 Å². The normalized spacial score (nSPS) is 12.4. The minimum atomic E-state index is -0.221. The Morgan fingerprint density at radius 2 is 1.50 bits per heavy atom. The Balaban J connectivity index is 1.55. The molecule has 0 spiro atoms. The Hall–Kier alpha value is -3.39. The van der Waals surface area contributed by atoms with E-state index in [4.69, 9.17) is 0 Å². The predicted octanol–water partition coefficient (Wildman–Crippen LogP) is 2.67. The van der Waals surface area contributed by atoms with Crippen LogP contribution in [0.2, 0.25) is 0 Å². The first-order valence-corrected chi connectivity index (χ1v) is 10.9. The van der Waals surface area contributed by atoms with Crippen molar-refractivity contribution in [3.63, 3.8) is 0 Å². The van der Waals surface area contributed by atoms with E-state index in [1.165, 1.54) is 0 Å². The van der Waals surface area contributed by atoms with E-state index in [9.17, 15) is 14.4 Å². The maximum Gasteiger partial charge on any atom is 0.322 e. The molecule has 0 aliphatic carbocycles. The molecule has 1 aliphatic rings. The molecule has 4 amide bonds. The number of amides is 4. The zero-order valence-electron chi connectivity index (χ0n) is 18.9. The zero-order valence-corrected chi connectivity index (χ0v) is 18.9. The number of fused-ring (bicyclic) bond motifs is 1. The van der Waals surface area contributed by atoms with Gasteiger partial charge in [0.25, 0.3) is 11.8 Å². The number of hydrogen-bond donors (Lipinski definition) is 3. The van der Waals surface area contributed by atoms with Crippen LogP contribution < -0.4 is 16.0 Å². The van der Waals surface area contributed by atoms with Crippen molar-refractivity contribution in [1.82, 2.24) is 20.4 Å². The van der Waals surface area contributed by atoms with Crippen LogP contribution in [0.4, 0.5) is 10.5 Å². The first-order chi connectivity index (χ1) is 15.4. The molecule has 0 unspecified atom stereocenters. The molecule has 0 radical (unpaired) electrons. The van der Waals surface area contributed by atoms with Crippen molar-refractivity contribution in [3.8, 4) is 0 Å². The third kappa shape index (κ3) is 6.07. The predicted molar refractivity (Wildman–Crippen MR) is 125 cm³/mol. The van der Waals surface area contributed by atoms with Crippen LogP contribution in [0, 0.1) is 0 Å². The summed E-state index contributed by atoms with van der Waals surface area (Å²) in [6.07, 6.45) is 0.876. The van der Waals surface area contributed by atoms with Crippen LogP contribution in [0.5, 0.6) is 0 Å². The average molecular weight is 438 g/mol. The van der Waals surface area contributed by atoms with Gasteiger partial charge < -0.3 is 25.8 Å². The molecule has 170 valence electrons. The van der Waals surface area contributed by atoms with E-state index in [-0.39, 0.29) is 17.8 Å². The van der Waals surface area contributed by atoms with Crippen molar-refractivity contribution < 1.29 is 14.4 Å². The molecule has 32 heavy (non-hydrogen) atoms. The van der Waals surface area contributed by atoms with E-state index < -0.39 is 0 Å². The van der Waals surface area contributed by atoms with Crippen LogP contribution in [0.3, 0.4) is 0 Å². The van der Waals surface area contributed by atoms with Gasteiger partial charge in [-0.3, -0.25) is 9.59 Å². The van der Waals surface area contributed by atoms with Gasteiger partial charge in [-0.05, 0) is 68.0 Å². The minimum absolute atomic E-state index is 0.111. The van der Waals surface area contributed by atoms with Crippen molar-refractivity contribution in [1.29, 1.82) is 0 Å².